The Morgan fingerprint density at radius 2 is 2.19 bits per heavy atom. The molecule has 0 radical (unpaired) electrons. The Bertz CT molecular complexity index is 536. The predicted molar refractivity (Wildman–Crippen MR) is 84.7 cm³/mol. The van der Waals surface area contributed by atoms with Gasteiger partial charge >= 0.3 is 0 Å². The first-order valence-electron chi connectivity index (χ1n) is 8.19. The van der Waals surface area contributed by atoms with Crippen molar-refractivity contribution in [2.24, 2.45) is 17.3 Å². The minimum atomic E-state index is 0.201. The number of hydrogen-bond donors (Lipinski definition) is 0. The van der Waals surface area contributed by atoms with Gasteiger partial charge in [-0.05, 0) is 72.1 Å². The summed E-state index contributed by atoms with van der Waals surface area (Å²) >= 11 is 0. The Kier molecular flexibility index (Phi) is 3.81. The van der Waals surface area contributed by atoms with E-state index in [2.05, 4.69) is 32.0 Å². The molecule has 1 aromatic carbocycles. The van der Waals surface area contributed by atoms with Gasteiger partial charge in [-0.25, -0.2) is 0 Å². The van der Waals surface area contributed by atoms with Crippen LogP contribution in [0, 0.1) is 17.3 Å². The van der Waals surface area contributed by atoms with E-state index in [1.54, 1.807) is 7.11 Å². The summed E-state index contributed by atoms with van der Waals surface area (Å²) in [5.74, 6) is 3.00. The third-order valence-corrected chi connectivity index (χ3v) is 6.33. The highest BCUT2D eigenvalue weighted by atomic mass is 16.5. The maximum atomic E-state index is 11.0. The Labute approximate surface area is 127 Å². The first-order chi connectivity index (χ1) is 10.1. The summed E-state index contributed by atoms with van der Waals surface area (Å²) in [5, 5.41) is 0. The van der Waals surface area contributed by atoms with Crippen LogP contribution in [-0.4, -0.2) is 13.4 Å². The molecule has 114 valence electrons. The van der Waals surface area contributed by atoms with Gasteiger partial charge < -0.3 is 9.53 Å². The molecule has 2 aliphatic carbocycles. The fraction of sp³-hybridized carbons (Fsp3) is 0.632. The van der Waals surface area contributed by atoms with Gasteiger partial charge in [0.05, 0.1) is 7.11 Å². The number of methoxy groups -OCH3 is 1. The molecule has 0 bridgehead atoms. The molecule has 3 rings (SSSR count). The second-order valence-electron chi connectivity index (χ2n) is 7.23. The van der Waals surface area contributed by atoms with E-state index in [-0.39, 0.29) is 5.41 Å². The van der Waals surface area contributed by atoms with Crippen LogP contribution in [0.5, 0.6) is 5.75 Å². The van der Waals surface area contributed by atoms with Gasteiger partial charge in [0.15, 0.2) is 0 Å². The highest BCUT2D eigenvalue weighted by Gasteiger charge is 2.45. The number of aldehydes is 1. The van der Waals surface area contributed by atoms with Crippen molar-refractivity contribution < 1.29 is 9.53 Å². The Balaban J connectivity index is 1.90. The summed E-state index contributed by atoms with van der Waals surface area (Å²) < 4.78 is 5.36. The molecule has 0 aromatic heterocycles. The summed E-state index contributed by atoms with van der Waals surface area (Å²) in [4.78, 5) is 11.0. The minimum absolute atomic E-state index is 0.201. The summed E-state index contributed by atoms with van der Waals surface area (Å²) in [6, 6.07) is 6.60. The third-order valence-electron chi connectivity index (χ3n) is 6.33. The van der Waals surface area contributed by atoms with Gasteiger partial charge in [0.25, 0.3) is 0 Å². The van der Waals surface area contributed by atoms with Crippen molar-refractivity contribution in [3.05, 3.63) is 29.3 Å². The Morgan fingerprint density at radius 1 is 1.38 bits per heavy atom. The molecule has 0 saturated heterocycles. The van der Waals surface area contributed by atoms with E-state index in [0.29, 0.717) is 18.3 Å². The number of carbonyl (C=O) groups excluding carboxylic acids is 1. The van der Waals surface area contributed by atoms with Gasteiger partial charge in [0.1, 0.15) is 12.0 Å². The summed E-state index contributed by atoms with van der Waals surface area (Å²) in [6.07, 6.45) is 6.62. The molecule has 1 fully saturated rings. The lowest BCUT2D eigenvalue weighted by Crippen LogP contribution is -2.41. The quantitative estimate of drug-likeness (QED) is 0.771. The van der Waals surface area contributed by atoms with Crippen molar-refractivity contribution in [2.45, 2.75) is 51.9 Å². The lowest BCUT2D eigenvalue weighted by molar-refractivity contribution is -0.111. The van der Waals surface area contributed by atoms with Crippen LogP contribution in [-0.2, 0) is 11.2 Å². The molecule has 0 heterocycles. The SMILES string of the molecule is COc1ccc2c(c1)CC[C@@H]1[C@@H]2CC[C@](C)(CC=O)[C@H]1C. The van der Waals surface area contributed by atoms with Crippen LogP contribution in [0.1, 0.15) is 56.6 Å². The van der Waals surface area contributed by atoms with Crippen molar-refractivity contribution in [3.63, 3.8) is 0 Å². The number of rotatable bonds is 3. The maximum absolute atomic E-state index is 11.0. The molecule has 0 N–H and O–H groups in total. The van der Waals surface area contributed by atoms with E-state index < -0.39 is 0 Å². The maximum Gasteiger partial charge on any atom is 0.120 e. The van der Waals surface area contributed by atoms with Crippen molar-refractivity contribution in [1.29, 1.82) is 0 Å². The van der Waals surface area contributed by atoms with E-state index in [1.807, 2.05) is 0 Å². The second-order valence-corrected chi connectivity index (χ2v) is 7.23. The van der Waals surface area contributed by atoms with Crippen LogP contribution < -0.4 is 4.74 Å². The normalized spacial score (nSPS) is 34.7. The number of ether oxygens (including phenoxy) is 1. The van der Waals surface area contributed by atoms with Crippen LogP contribution in [0.3, 0.4) is 0 Å². The molecular formula is C19H26O2. The van der Waals surface area contributed by atoms with Crippen LogP contribution in [0.25, 0.3) is 0 Å². The Morgan fingerprint density at radius 3 is 2.90 bits per heavy atom. The molecular weight excluding hydrogens is 260 g/mol. The predicted octanol–water partition coefficient (Wildman–Crippen LogP) is 4.37. The van der Waals surface area contributed by atoms with E-state index in [9.17, 15) is 4.79 Å². The minimum Gasteiger partial charge on any atom is -0.497 e. The summed E-state index contributed by atoms with van der Waals surface area (Å²) in [5.41, 5.74) is 3.21. The number of benzene rings is 1. The zero-order chi connectivity index (χ0) is 15.0. The second kappa shape index (κ2) is 5.47. The molecule has 0 unspecified atom stereocenters. The zero-order valence-corrected chi connectivity index (χ0v) is 13.4. The van der Waals surface area contributed by atoms with Crippen molar-refractivity contribution in [3.8, 4) is 5.75 Å². The molecule has 1 aromatic rings. The molecule has 2 aliphatic rings. The Hall–Kier alpha value is -1.31. The third kappa shape index (κ3) is 2.39. The van der Waals surface area contributed by atoms with Gasteiger partial charge in [-0.2, -0.15) is 0 Å². The zero-order valence-electron chi connectivity index (χ0n) is 13.4. The summed E-state index contributed by atoms with van der Waals surface area (Å²) in [7, 11) is 1.74. The fourth-order valence-electron chi connectivity index (χ4n) is 4.72. The van der Waals surface area contributed by atoms with Gasteiger partial charge in [-0.15, -0.1) is 0 Å². The highest BCUT2D eigenvalue weighted by Crippen LogP contribution is 2.55. The van der Waals surface area contributed by atoms with E-state index >= 15 is 0 Å². The first kappa shape index (κ1) is 14.6. The van der Waals surface area contributed by atoms with Gasteiger partial charge in [0.2, 0.25) is 0 Å². The monoisotopic (exact) mass is 286 g/mol. The number of carbonyl (C=O) groups is 1. The molecule has 2 nitrogen and oxygen atoms in total. The molecule has 0 amide bonds. The highest BCUT2D eigenvalue weighted by molar-refractivity contribution is 5.51. The smallest absolute Gasteiger partial charge is 0.120 e. The van der Waals surface area contributed by atoms with Crippen LogP contribution in [0.4, 0.5) is 0 Å². The van der Waals surface area contributed by atoms with Gasteiger partial charge in [-0.3, -0.25) is 0 Å². The van der Waals surface area contributed by atoms with E-state index in [0.717, 1.165) is 24.4 Å². The van der Waals surface area contributed by atoms with Gasteiger partial charge in [0, 0.05) is 6.42 Å². The van der Waals surface area contributed by atoms with Crippen LogP contribution in [0.15, 0.2) is 18.2 Å². The topological polar surface area (TPSA) is 26.3 Å². The number of hydrogen-bond acceptors (Lipinski definition) is 2. The molecule has 0 spiro atoms. The lowest BCUT2D eigenvalue weighted by Gasteiger charge is -2.50. The van der Waals surface area contributed by atoms with Crippen LogP contribution in [0.2, 0.25) is 0 Å². The molecule has 21 heavy (non-hydrogen) atoms. The van der Waals surface area contributed by atoms with Crippen molar-refractivity contribution in [2.75, 3.05) is 7.11 Å². The molecule has 4 atom stereocenters. The largest absolute Gasteiger partial charge is 0.497 e. The first-order valence-corrected chi connectivity index (χ1v) is 8.19. The molecule has 0 aliphatic heterocycles. The summed E-state index contributed by atoms with van der Waals surface area (Å²) in [6.45, 7) is 4.68. The van der Waals surface area contributed by atoms with E-state index in [4.69, 9.17) is 4.74 Å². The van der Waals surface area contributed by atoms with Crippen LogP contribution >= 0.6 is 0 Å². The molecule has 1 saturated carbocycles. The average molecular weight is 286 g/mol. The van der Waals surface area contributed by atoms with Crippen molar-refractivity contribution >= 4 is 6.29 Å². The van der Waals surface area contributed by atoms with E-state index in [1.165, 1.54) is 30.4 Å². The van der Waals surface area contributed by atoms with Gasteiger partial charge in [-0.1, -0.05) is 19.9 Å². The number of aryl methyl sites for hydroxylation is 1. The fourth-order valence-corrected chi connectivity index (χ4v) is 4.72. The molecule has 2 heteroatoms. The van der Waals surface area contributed by atoms with Crippen molar-refractivity contribution in [1.82, 2.24) is 0 Å². The lowest BCUT2D eigenvalue weighted by atomic mass is 9.54. The standard InChI is InChI=1S/C19H26O2/c1-13-16-6-4-14-12-15(21-3)5-7-17(14)18(16)8-9-19(13,2)10-11-20/h5,7,11-13,16,18H,4,6,8-10H2,1-3H3/t13-,16-,18-,19+/m0/s1. The number of fused-ring (bicyclic) bond motifs is 3. The average Bonchev–Trinajstić information content (AvgIpc) is 2.50.